The maximum absolute atomic E-state index is 13.0. The quantitative estimate of drug-likeness (QED) is 0.904. The average Bonchev–Trinajstić information content (AvgIpc) is 3.01. The Morgan fingerprint density at radius 1 is 1.04 bits per heavy atom. The van der Waals surface area contributed by atoms with Gasteiger partial charge in [-0.05, 0) is 36.6 Å². The molecule has 4 nitrogen and oxygen atoms in total. The van der Waals surface area contributed by atoms with Gasteiger partial charge in [0.1, 0.15) is 0 Å². The topological polar surface area (TPSA) is 63.4 Å². The molecule has 0 bridgehead atoms. The molecule has 0 spiro atoms. The van der Waals surface area contributed by atoms with Gasteiger partial charge in [-0.1, -0.05) is 48.5 Å². The van der Waals surface area contributed by atoms with Crippen LogP contribution in [-0.4, -0.2) is 32.4 Å². The molecule has 1 aliphatic heterocycles. The van der Waals surface area contributed by atoms with Gasteiger partial charge < -0.3 is 5.73 Å². The number of nitrogens with two attached hydrogens (primary N) is 1. The van der Waals surface area contributed by atoms with E-state index in [9.17, 15) is 8.42 Å². The van der Waals surface area contributed by atoms with E-state index in [1.54, 1.807) is 16.4 Å². The molecular formula is C18H23ClN2O2S. The Kier molecular flexibility index (Phi) is 6.04. The number of rotatable bonds is 4. The second-order valence-corrected chi connectivity index (χ2v) is 8.01. The van der Waals surface area contributed by atoms with Crippen LogP contribution in [0.3, 0.4) is 0 Å². The summed E-state index contributed by atoms with van der Waals surface area (Å²) in [6, 6.07) is 17.2. The van der Waals surface area contributed by atoms with Crippen LogP contribution in [0.25, 0.3) is 0 Å². The smallest absolute Gasteiger partial charge is 0.243 e. The monoisotopic (exact) mass is 366 g/mol. The first kappa shape index (κ1) is 18.9. The minimum absolute atomic E-state index is 0. The summed E-state index contributed by atoms with van der Waals surface area (Å²) < 4.78 is 27.5. The summed E-state index contributed by atoms with van der Waals surface area (Å²) >= 11 is 0. The summed E-state index contributed by atoms with van der Waals surface area (Å²) in [7, 11) is -3.48. The molecule has 2 atom stereocenters. The van der Waals surface area contributed by atoms with Gasteiger partial charge in [-0.3, -0.25) is 0 Å². The summed E-state index contributed by atoms with van der Waals surface area (Å²) in [5.74, 6) is 0.302. The number of benzene rings is 2. The maximum atomic E-state index is 13.0. The van der Waals surface area contributed by atoms with Gasteiger partial charge in [0.2, 0.25) is 10.0 Å². The first-order chi connectivity index (χ1) is 11.0. The van der Waals surface area contributed by atoms with Crippen LogP contribution in [0.15, 0.2) is 59.5 Å². The Labute approximate surface area is 150 Å². The Morgan fingerprint density at radius 2 is 1.67 bits per heavy atom. The van der Waals surface area contributed by atoms with Gasteiger partial charge in [0.25, 0.3) is 0 Å². The van der Waals surface area contributed by atoms with E-state index >= 15 is 0 Å². The molecule has 2 aromatic rings. The molecule has 0 radical (unpaired) electrons. The van der Waals surface area contributed by atoms with E-state index in [1.165, 1.54) is 0 Å². The zero-order valence-electron chi connectivity index (χ0n) is 13.6. The number of aryl methyl sites for hydroxylation is 1. The summed E-state index contributed by atoms with van der Waals surface area (Å²) in [4.78, 5) is 0.393. The molecule has 0 amide bonds. The molecule has 1 saturated heterocycles. The second-order valence-electron chi connectivity index (χ2n) is 6.10. The zero-order chi connectivity index (χ0) is 16.4. The minimum atomic E-state index is -3.48. The Bertz CT molecular complexity index is 781. The molecule has 0 saturated carbocycles. The number of halogens is 1. The van der Waals surface area contributed by atoms with Crippen molar-refractivity contribution in [3.05, 3.63) is 65.7 Å². The third-order valence-electron chi connectivity index (χ3n) is 4.65. The van der Waals surface area contributed by atoms with Crippen LogP contribution in [0.4, 0.5) is 0 Å². The summed E-state index contributed by atoms with van der Waals surface area (Å²) in [5, 5.41) is 0. The van der Waals surface area contributed by atoms with Crippen molar-refractivity contribution in [3.63, 3.8) is 0 Å². The average molecular weight is 367 g/mol. The molecule has 0 aromatic heterocycles. The predicted octanol–water partition coefficient (Wildman–Crippen LogP) is 2.78. The molecule has 1 heterocycles. The highest BCUT2D eigenvalue weighted by atomic mass is 35.5. The van der Waals surface area contributed by atoms with Gasteiger partial charge in [0.15, 0.2) is 0 Å². The van der Waals surface area contributed by atoms with Crippen molar-refractivity contribution in [1.29, 1.82) is 0 Å². The van der Waals surface area contributed by atoms with Crippen molar-refractivity contribution >= 4 is 22.4 Å². The van der Waals surface area contributed by atoms with E-state index in [0.29, 0.717) is 24.5 Å². The third-order valence-corrected chi connectivity index (χ3v) is 6.64. The van der Waals surface area contributed by atoms with Crippen molar-refractivity contribution in [2.45, 2.75) is 17.7 Å². The van der Waals surface area contributed by atoms with E-state index in [0.717, 1.165) is 11.1 Å². The summed E-state index contributed by atoms with van der Waals surface area (Å²) in [6.07, 6.45) is 0. The number of hydrogen-bond acceptors (Lipinski definition) is 3. The van der Waals surface area contributed by atoms with Gasteiger partial charge in [-0.25, -0.2) is 8.42 Å². The minimum Gasteiger partial charge on any atom is -0.330 e. The van der Waals surface area contributed by atoms with Crippen LogP contribution in [0.1, 0.15) is 17.0 Å². The first-order valence-electron chi connectivity index (χ1n) is 7.85. The van der Waals surface area contributed by atoms with E-state index < -0.39 is 10.0 Å². The van der Waals surface area contributed by atoms with Crippen LogP contribution in [0.5, 0.6) is 0 Å². The molecule has 0 unspecified atom stereocenters. The summed E-state index contributed by atoms with van der Waals surface area (Å²) in [6.45, 7) is 3.28. The normalized spacial score (nSPS) is 21.4. The molecule has 2 aromatic carbocycles. The van der Waals surface area contributed by atoms with E-state index in [4.69, 9.17) is 5.73 Å². The van der Waals surface area contributed by atoms with Crippen molar-refractivity contribution < 1.29 is 8.42 Å². The number of nitrogens with zero attached hydrogens (tertiary/aromatic N) is 1. The molecule has 2 N–H and O–H groups in total. The van der Waals surface area contributed by atoms with E-state index in [2.05, 4.69) is 12.1 Å². The molecule has 1 fully saturated rings. The van der Waals surface area contributed by atoms with Crippen LogP contribution >= 0.6 is 12.4 Å². The number of hydrogen-bond donors (Lipinski definition) is 1. The fraction of sp³-hybridized carbons (Fsp3) is 0.333. The lowest BCUT2D eigenvalue weighted by atomic mass is 9.89. The standard InChI is InChI=1S/C18H22N2O2S.ClH/c1-14-7-5-6-10-18(14)23(21,22)20-12-16(11-19)17(13-20)15-8-3-2-4-9-15;/h2-10,16-17H,11-13,19H2,1H3;1H/t16-,17+;/m1./s1. The molecule has 0 aliphatic carbocycles. The first-order valence-corrected chi connectivity index (χ1v) is 9.29. The maximum Gasteiger partial charge on any atom is 0.243 e. The largest absolute Gasteiger partial charge is 0.330 e. The van der Waals surface area contributed by atoms with Crippen LogP contribution in [0.2, 0.25) is 0 Å². The fourth-order valence-corrected chi connectivity index (χ4v) is 5.08. The van der Waals surface area contributed by atoms with Crippen LogP contribution in [0, 0.1) is 12.8 Å². The van der Waals surface area contributed by atoms with Crippen molar-refractivity contribution in [3.8, 4) is 0 Å². The fourth-order valence-electron chi connectivity index (χ4n) is 3.33. The zero-order valence-corrected chi connectivity index (χ0v) is 15.3. The second kappa shape index (κ2) is 7.66. The Balaban J connectivity index is 0.00000208. The lowest BCUT2D eigenvalue weighted by molar-refractivity contribution is 0.458. The summed E-state index contributed by atoms with van der Waals surface area (Å²) in [5.41, 5.74) is 7.85. The Hall–Kier alpha value is -1.40. The van der Waals surface area contributed by atoms with E-state index in [1.807, 2.05) is 37.3 Å². The van der Waals surface area contributed by atoms with Crippen LogP contribution < -0.4 is 5.73 Å². The molecular weight excluding hydrogens is 344 g/mol. The molecule has 1 aliphatic rings. The highest BCUT2D eigenvalue weighted by molar-refractivity contribution is 7.89. The van der Waals surface area contributed by atoms with E-state index in [-0.39, 0.29) is 24.2 Å². The van der Waals surface area contributed by atoms with Crippen LogP contribution in [-0.2, 0) is 10.0 Å². The van der Waals surface area contributed by atoms with Gasteiger partial charge in [-0.15, -0.1) is 12.4 Å². The van der Waals surface area contributed by atoms with Gasteiger partial charge in [0.05, 0.1) is 4.90 Å². The predicted molar refractivity (Wildman–Crippen MR) is 98.9 cm³/mol. The molecule has 130 valence electrons. The van der Waals surface area contributed by atoms with Gasteiger partial charge in [-0.2, -0.15) is 4.31 Å². The molecule has 3 rings (SSSR count). The Morgan fingerprint density at radius 3 is 2.29 bits per heavy atom. The third kappa shape index (κ3) is 3.49. The van der Waals surface area contributed by atoms with Crippen molar-refractivity contribution in [1.82, 2.24) is 4.31 Å². The molecule has 24 heavy (non-hydrogen) atoms. The lowest BCUT2D eigenvalue weighted by Crippen LogP contribution is -2.30. The highest BCUT2D eigenvalue weighted by Gasteiger charge is 2.39. The highest BCUT2D eigenvalue weighted by Crippen LogP contribution is 2.35. The number of sulfonamides is 1. The SMILES string of the molecule is Cc1ccccc1S(=O)(=O)N1C[C@@H](CN)[C@H](c2ccccc2)C1.Cl. The van der Waals surface area contributed by atoms with Gasteiger partial charge in [0, 0.05) is 19.0 Å². The lowest BCUT2D eigenvalue weighted by Gasteiger charge is -2.18. The van der Waals surface area contributed by atoms with Crippen molar-refractivity contribution in [2.24, 2.45) is 11.7 Å². The van der Waals surface area contributed by atoms with Gasteiger partial charge >= 0.3 is 0 Å². The van der Waals surface area contributed by atoms with Crippen molar-refractivity contribution in [2.75, 3.05) is 19.6 Å². The molecule has 6 heteroatoms.